The Balaban J connectivity index is 1.56. The number of carbonyl (C=O) groups excluding carboxylic acids is 1. The average Bonchev–Trinajstić information content (AvgIpc) is 2.84. The van der Waals surface area contributed by atoms with E-state index in [4.69, 9.17) is 27.9 Å². The van der Waals surface area contributed by atoms with Gasteiger partial charge in [-0.2, -0.15) is 0 Å². The van der Waals surface area contributed by atoms with Crippen molar-refractivity contribution in [2.45, 2.75) is 63.6 Å². The van der Waals surface area contributed by atoms with Crippen LogP contribution in [0, 0.1) is 6.92 Å². The molecule has 34 heavy (non-hydrogen) atoms. The molecule has 6 nitrogen and oxygen atoms in total. The monoisotopic (exact) mass is 526 g/mol. The minimum atomic E-state index is -3.24. The molecule has 3 aliphatic rings. The highest BCUT2D eigenvalue weighted by Crippen LogP contribution is 2.36. The number of ketones is 1. The zero-order chi connectivity index (χ0) is 24.5. The van der Waals surface area contributed by atoms with Crippen molar-refractivity contribution in [2.75, 3.05) is 25.9 Å². The summed E-state index contributed by atoms with van der Waals surface area (Å²) in [6.07, 6.45) is 8.58. The number of allylic oxidation sites excluding steroid dienone is 3. The lowest BCUT2D eigenvalue weighted by atomic mass is 9.87. The van der Waals surface area contributed by atoms with Gasteiger partial charge < -0.3 is 10.1 Å². The van der Waals surface area contributed by atoms with E-state index >= 15 is 0 Å². The van der Waals surface area contributed by atoms with Gasteiger partial charge in [0.2, 0.25) is 0 Å². The van der Waals surface area contributed by atoms with Crippen LogP contribution in [0.5, 0.6) is 5.75 Å². The zero-order valence-corrected chi connectivity index (χ0v) is 22.0. The molecule has 1 aromatic rings. The Morgan fingerprint density at radius 2 is 1.85 bits per heavy atom. The number of hydrogen-bond donors (Lipinski definition) is 1. The third-order valence-electron chi connectivity index (χ3n) is 7.16. The summed E-state index contributed by atoms with van der Waals surface area (Å²) >= 11 is 12.7. The second-order valence-corrected chi connectivity index (χ2v) is 12.3. The van der Waals surface area contributed by atoms with Gasteiger partial charge in [-0.3, -0.25) is 9.69 Å². The van der Waals surface area contributed by atoms with E-state index in [9.17, 15) is 13.2 Å². The third-order valence-corrected chi connectivity index (χ3v) is 9.33. The molecular formula is C25H32Cl2N2O4S. The second kappa shape index (κ2) is 10.7. The van der Waals surface area contributed by atoms with Gasteiger partial charge in [0, 0.05) is 35.2 Å². The van der Waals surface area contributed by atoms with Crippen molar-refractivity contribution in [3.05, 3.63) is 50.4 Å². The molecule has 0 aromatic heterocycles. The Labute approximate surface area is 212 Å². The smallest absolute Gasteiger partial charge is 0.176 e. The van der Waals surface area contributed by atoms with Gasteiger partial charge in [-0.25, -0.2) is 8.42 Å². The second-order valence-electron chi connectivity index (χ2n) is 9.44. The van der Waals surface area contributed by atoms with Crippen molar-refractivity contribution in [2.24, 2.45) is 0 Å². The van der Waals surface area contributed by atoms with Crippen molar-refractivity contribution in [3.8, 4) is 5.75 Å². The van der Waals surface area contributed by atoms with Crippen LogP contribution >= 0.6 is 23.2 Å². The Bertz CT molecular complexity index is 1110. The molecule has 186 valence electrons. The maximum absolute atomic E-state index is 13.7. The molecule has 2 aliphatic heterocycles. The Hall–Kier alpha value is -1.38. The number of carbonyl (C=O) groups is 1. The number of nitrogens with one attached hydrogen (secondary N) is 1. The molecular weight excluding hydrogens is 495 g/mol. The SMILES string of the molecule is Cc1c(Cl)ccc(O[C@@H]2CCN(C3CCNCC3)C(C(=O)C3=CC=C(S(C)(=O)=O)CC3)C2)c1Cl. The number of Topliss-reactive ketones (excluding diaryl/α,β-unsaturated/α-hetero) is 1. The molecule has 0 bridgehead atoms. The van der Waals surface area contributed by atoms with Gasteiger partial charge in [-0.15, -0.1) is 0 Å². The van der Waals surface area contributed by atoms with Gasteiger partial charge in [-0.1, -0.05) is 29.3 Å². The fraction of sp³-hybridized carbons (Fsp3) is 0.560. The molecule has 1 unspecified atom stereocenters. The van der Waals surface area contributed by atoms with Crippen LogP contribution in [-0.4, -0.2) is 63.2 Å². The van der Waals surface area contributed by atoms with Crippen LogP contribution in [-0.2, 0) is 14.6 Å². The van der Waals surface area contributed by atoms with Crippen LogP contribution in [0.3, 0.4) is 0 Å². The predicted octanol–water partition coefficient (Wildman–Crippen LogP) is 4.48. The highest BCUT2D eigenvalue weighted by atomic mass is 35.5. The number of ether oxygens (including phenoxy) is 1. The molecule has 1 N–H and O–H groups in total. The van der Waals surface area contributed by atoms with E-state index in [0.717, 1.165) is 44.5 Å². The Morgan fingerprint density at radius 3 is 2.50 bits per heavy atom. The molecule has 0 radical (unpaired) electrons. The first kappa shape index (κ1) is 25.7. The molecule has 2 saturated heterocycles. The first-order chi connectivity index (χ1) is 16.1. The summed E-state index contributed by atoms with van der Waals surface area (Å²) in [7, 11) is -3.24. The van der Waals surface area contributed by atoms with E-state index in [-0.39, 0.29) is 17.9 Å². The topological polar surface area (TPSA) is 75.7 Å². The quantitative estimate of drug-likeness (QED) is 0.588. The van der Waals surface area contributed by atoms with Gasteiger partial charge in [0.25, 0.3) is 0 Å². The summed E-state index contributed by atoms with van der Waals surface area (Å²) in [4.78, 5) is 16.5. The number of likely N-dealkylation sites (tertiary alicyclic amines) is 1. The number of hydrogen-bond acceptors (Lipinski definition) is 6. The summed E-state index contributed by atoms with van der Waals surface area (Å²) < 4.78 is 30.1. The normalized spacial score (nSPS) is 24.9. The molecule has 2 atom stereocenters. The zero-order valence-electron chi connectivity index (χ0n) is 19.6. The van der Waals surface area contributed by atoms with Gasteiger partial charge in [0.15, 0.2) is 15.6 Å². The summed E-state index contributed by atoms with van der Waals surface area (Å²) in [5.41, 5.74) is 1.47. The predicted molar refractivity (Wildman–Crippen MR) is 136 cm³/mol. The average molecular weight is 528 g/mol. The molecule has 2 heterocycles. The van der Waals surface area contributed by atoms with Crippen LogP contribution in [0.15, 0.2) is 34.8 Å². The molecule has 1 aliphatic carbocycles. The number of rotatable bonds is 6. The van der Waals surface area contributed by atoms with Crippen molar-refractivity contribution < 1.29 is 17.9 Å². The van der Waals surface area contributed by atoms with Gasteiger partial charge in [0.05, 0.1) is 11.1 Å². The number of benzene rings is 1. The molecule has 0 amide bonds. The number of sulfone groups is 1. The maximum atomic E-state index is 13.7. The maximum Gasteiger partial charge on any atom is 0.176 e. The minimum Gasteiger partial charge on any atom is -0.489 e. The summed E-state index contributed by atoms with van der Waals surface area (Å²) in [6.45, 7) is 4.53. The number of halogens is 2. The first-order valence-electron chi connectivity index (χ1n) is 11.9. The molecule has 9 heteroatoms. The fourth-order valence-corrected chi connectivity index (χ4v) is 6.35. The lowest BCUT2D eigenvalue weighted by molar-refractivity contribution is -0.125. The molecule has 4 rings (SSSR count). The molecule has 2 fully saturated rings. The third kappa shape index (κ3) is 5.71. The Morgan fingerprint density at radius 1 is 1.12 bits per heavy atom. The largest absolute Gasteiger partial charge is 0.489 e. The van der Waals surface area contributed by atoms with E-state index in [2.05, 4.69) is 10.2 Å². The summed E-state index contributed by atoms with van der Waals surface area (Å²) in [6, 6.07) is 3.62. The molecule has 1 aromatic carbocycles. The van der Waals surface area contributed by atoms with Crippen LogP contribution < -0.4 is 10.1 Å². The van der Waals surface area contributed by atoms with E-state index in [1.807, 2.05) is 6.92 Å². The van der Waals surface area contributed by atoms with E-state index < -0.39 is 9.84 Å². The van der Waals surface area contributed by atoms with Crippen molar-refractivity contribution in [3.63, 3.8) is 0 Å². The van der Waals surface area contributed by atoms with E-state index in [1.54, 1.807) is 24.3 Å². The van der Waals surface area contributed by atoms with Crippen molar-refractivity contribution >= 4 is 38.8 Å². The fourth-order valence-electron chi connectivity index (χ4n) is 5.14. The van der Waals surface area contributed by atoms with Gasteiger partial charge >= 0.3 is 0 Å². The van der Waals surface area contributed by atoms with Crippen LogP contribution in [0.1, 0.15) is 44.1 Å². The van der Waals surface area contributed by atoms with Gasteiger partial charge in [-0.05, 0) is 81.5 Å². The first-order valence-corrected chi connectivity index (χ1v) is 14.5. The minimum absolute atomic E-state index is 0.0778. The number of nitrogens with zero attached hydrogens (tertiary/aromatic N) is 1. The highest BCUT2D eigenvalue weighted by Gasteiger charge is 2.39. The standard InChI is InChI=1S/C25H32Cl2N2O4S/c1-16-21(26)7-8-23(24(16)27)33-19-11-14-29(18-9-12-28-13-10-18)22(15-19)25(30)17-3-5-20(6-4-17)34(2,31)32/h3,5,7-8,18-19,22,28H,4,6,9-15H2,1-2H3/t19-,22?/m1/s1. The van der Waals surface area contributed by atoms with Gasteiger partial charge in [0.1, 0.15) is 11.9 Å². The van der Waals surface area contributed by atoms with Crippen LogP contribution in [0.4, 0.5) is 0 Å². The summed E-state index contributed by atoms with van der Waals surface area (Å²) in [5.74, 6) is 0.668. The summed E-state index contributed by atoms with van der Waals surface area (Å²) in [5, 5.41) is 4.50. The molecule has 0 saturated carbocycles. The van der Waals surface area contributed by atoms with E-state index in [0.29, 0.717) is 51.6 Å². The van der Waals surface area contributed by atoms with E-state index in [1.165, 1.54) is 6.26 Å². The van der Waals surface area contributed by atoms with Crippen molar-refractivity contribution in [1.29, 1.82) is 0 Å². The van der Waals surface area contributed by atoms with Crippen LogP contribution in [0.2, 0.25) is 10.0 Å². The van der Waals surface area contributed by atoms with Crippen LogP contribution in [0.25, 0.3) is 0 Å². The highest BCUT2D eigenvalue weighted by molar-refractivity contribution is 7.94. The Kier molecular flexibility index (Phi) is 8.09. The number of piperidine rings is 2. The lowest BCUT2D eigenvalue weighted by Gasteiger charge is -2.44. The lowest BCUT2D eigenvalue weighted by Crippen LogP contribution is -2.56. The van der Waals surface area contributed by atoms with Crippen molar-refractivity contribution in [1.82, 2.24) is 10.2 Å². The molecule has 0 spiro atoms.